The fourth-order valence-electron chi connectivity index (χ4n) is 1.11. The van der Waals surface area contributed by atoms with Crippen LogP contribution in [0.3, 0.4) is 0 Å². The maximum absolute atomic E-state index is 10.8. The van der Waals surface area contributed by atoms with E-state index in [1.54, 1.807) is 13.2 Å². The van der Waals surface area contributed by atoms with E-state index in [-0.39, 0.29) is 6.03 Å². The summed E-state index contributed by atoms with van der Waals surface area (Å²) in [5, 5.41) is 6.23. The largest absolute Gasteiger partial charge is 0.361 e. The Morgan fingerprint density at radius 2 is 2.29 bits per heavy atom. The van der Waals surface area contributed by atoms with Gasteiger partial charge in [0.2, 0.25) is 0 Å². The van der Waals surface area contributed by atoms with E-state index in [4.69, 9.17) is 4.52 Å². The van der Waals surface area contributed by atoms with Gasteiger partial charge >= 0.3 is 6.03 Å². The zero-order chi connectivity index (χ0) is 12.5. The second kappa shape index (κ2) is 8.30. The predicted octanol–water partition coefficient (Wildman–Crippen LogP) is 1.84. The third-order valence-corrected chi connectivity index (χ3v) is 4.07. The fourth-order valence-corrected chi connectivity index (χ4v) is 2.82. The molecule has 0 unspecified atom stereocenters. The Morgan fingerprint density at radius 1 is 1.47 bits per heavy atom. The van der Waals surface area contributed by atoms with E-state index in [0.29, 0.717) is 0 Å². The van der Waals surface area contributed by atoms with Crippen LogP contribution >= 0.6 is 23.7 Å². The second-order valence-corrected chi connectivity index (χ2v) is 5.43. The molecule has 1 aromatic rings. The van der Waals surface area contributed by atoms with E-state index in [2.05, 4.69) is 15.2 Å². The van der Waals surface area contributed by atoms with Crippen molar-refractivity contribution in [2.24, 2.45) is 0 Å². The van der Waals surface area contributed by atoms with Gasteiger partial charge in [-0.05, 0) is 31.0 Å². The Bertz CT molecular complexity index is 344. The molecule has 0 spiro atoms. The number of rotatable bonds is 7. The van der Waals surface area contributed by atoms with Crippen LogP contribution in [0, 0.1) is 6.92 Å². The molecule has 0 aromatic carbocycles. The average molecular weight is 275 g/mol. The number of thioether (sulfide) groups is 1. The predicted molar refractivity (Wildman–Crippen MR) is 72.3 cm³/mol. The molecule has 1 heterocycles. The van der Waals surface area contributed by atoms with Crippen molar-refractivity contribution < 1.29 is 9.32 Å². The second-order valence-electron chi connectivity index (χ2n) is 3.30. The molecule has 7 heteroatoms. The molecule has 1 rings (SSSR count). The van der Waals surface area contributed by atoms with Crippen molar-refractivity contribution in [1.82, 2.24) is 15.2 Å². The van der Waals surface area contributed by atoms with Crippen molar-refractivity contribution in [3.05, 3.63) is 17.5 Å². The van der Waals surface area contributed by atoms with Crippen LogP contribution in [0.1, 0.15) is 11.3 Å². The first-order valence-electron chi connectivity index (χ1n) is 5.31. The van der Waals surface area contributed by atoms with E-state index in [9.17, 15) is 4.79 Å². The molecule has 17 heavy (non-hydrogen) atoms. The lowest BCUT2D eigenvalue weighted by Crippen LogP contribution is -2.27. The van der Waals surface area contributed by atoms with Crippen LogP contribution < -0.4 is 10.0 Å². The molecule has 0 aliphatic rings. The van der Waals surface area contributed by atoms with Crippen molar-refractivity contribution >= 4 is 29.7 Å². The number of aryl methyl sites for hydroxylation is 2. The number of urea groups is 1. The minimum atomic E-state index is -0.153. The molecule has 2 N–H and O–H groups in total. The number of aromatic nitrogens is 1. The Kier molecular flexibility index (Phi) is 6.95. The van der Waals surface area contributed by atoms with Crippen LogP contribution in [0.15, 0.2) is 10.7 Å². The molecule has 0 bridgehead atoms. The molecular formula is C10H17N3O2S2. The smallest absolute Gasteiger partial charge is 0.324 e. The zero-order valence-electron chi connectivity index (χ0n) is 9.99. The molecule has 0 aliphatic heterocycles. The highest BCUT2D eigenvalue weighted by atomic mass is 32.2. The molecule has 5 nitrogen and oxygen atoms in total. The number of amides is 2. The number of nitrogens with one attached hydrogen (secondary N) is 2. The SMILES string of the molecule is CNC(=O)NSCCSCCc1cnoc1C. The molecule has 0 saturated heterocycles. The molecule has 0 atom stereocenters. The summed E-state index contributed by atoms with van der Waals surface area (Å²) >= 11 is 3.28. The van der Waals surface area contributed by atoms with E-state index >= 15 is 0 Å². The normalized spacial score (nSPS) is 10.2. The monoisotopic (exact) mass is 275 g/mol. The third-order valence-electron chi connectivity index (χ3n) is 2.09. The molecule has 1 aromatic heterocycles. The van der Waals surface area contributed by atoms with Crippen LogP contribution in [0.5, 0.6) is 0 Å². The van der Waals surface area contributed by atoms with Gasteiger partial charge in [-0.2, -0.15) is 11.8 Å². The summed E-state index contributed by atoms with van der Waals surface area (Å²) in [7, 11) is 1.60. The van der Waals surface area contributed by atoms with Gasteiger partial charge in [-0.15, -0.1) is 0 Å². The maximum Gasteiger partial charge on any atom is 0.324 e. The van der Waals surface area contributed by atoms with E-state index in [0.717, 1.165) is 29.4 Å². The summed E-state index contributed by atoms with van der Waals surface area (Å²) in [5.41, 5.74) is 1.17. The van der Waals surface area contributed by atoms with Gasteiger partial charge < -0.3 is 9.84 Å². The first-order chi connectivity index (χ1) is 8.24. The summed E-state index contributed by atoms with van der Waals surface area (Å²) in [5.74, 6) is 3.86. The number of hydrogen-bond acceptors (Lipinski definition) is 5. The van der Waals surface area contributed by atoms with E-state index in [1.165, 1.54) is 17.5 Å². The molecule has 0 fully saturated rings. The molecule has 0 aliphatic carbocycles. The molecule has 0 radical (unpaired) electrons. The molecule has 96 valence electrons. The minimum Gasteiger partial charge on any atom is -0.361 e. The Morgan fingerprint density at radius 3 is 2.94 bits per heavy atom. The summed E-state index contributed by atoms with van der Waals surface area (Å²) in [4.78, 5) is 10.8. The summed E-state index contributed by atoms with van der Waals surface area (Å²) in [6, 6.07) is -0.153. The lowest BCUT2D eigenvalue weighted by molar-refractivity contribution is 0.248. The van der Waals surface area contributed by atoms with Crippen molar-refractivity contribution in [3.63, 3.8) is 0 Å². The van der Waals surface area contributed by atoms with E-state index < -0.39 is 0 Å². The highest BCUT2D eigenvalue weighted by Crippen LogP contribution is 2.11. The van der Waals surface area contributed by atoms with Gasteiger partial charge in [0.15, 0.2) is 0 Å². The summed E-state index contributed by atoms with van der Waals surface area (Å²) in [6.07, 6.45) is 2.76. The molecular weight excluding hydrogens is 258 g/mol. The Balaban J connectivity index is 1.95. The first kappa shape index (κ1) is 14.2. The van der Waals surface area contributed by atoms with Crippen molar-refractivity contribution in [1.29, 1.82) is 0 Å². The molecule has 2 amide bonds. The fraction of sp³-hybridized carbons (Fsp3) is 0.600. The standard InChI is InChI=1S/C10H17N3O2S2/c1-8-9(7-12-15-8)3-4-16-5-6-17-13-10(14)11-2/h7H,3-6H2,1-2H3,(H2,11,13,14). The van der Waals surface area contributed by atoms with Gasteiger partial charge in [0.05, 0.1) is 6.20 Å². The summed E-state index contributed by atoms with van der Waals surface area (Å²) < 4.78 is 7.66. The van der Waals surface area contributed by atoms with Crippen molar-refractivity contribution in [3.8, 4) is 0 Å². The average Bonchev–Trinajstić information content (AvgIpc) is 2.73. The van der Waals surface area contributed by atoms with Gasteiger partial charge in [0.25, 0.3) is 0 Å². The van der Waals surface area contributed by atoms with Crippen molar-refractivity contribution in [2.75, 3.05) is 24.3 Å². The van der Waals surface area contributed by atoms with Crippen molar-refractivity contribution in [2.45, 2.75) is 13.3 Å². The lowest BCUT2D eigenvalue weighted by atomic mass is 10.2. The molecule has 0 saturated carbocycles. The Hall–Kier alpha value is -0.820. The van der Waals surface area contributed by atoms with Crippen LogP contribution in [-0.2, 0) is 6.42 Å². The van der Waals surface area contributed by atoms with E-state index in [1.807, 2.05) is 18.7 Å². The van der Waals surface area contributed by atoms with Crippen LogP contribution in [0.2, 0.25) is 0 Å². The zero-order valence-corrected chi connectivity index (χ0v) is 11.6. The number of carbonyl (C=O) groups is 1. The third kappa shape index (κ3) is 5.88. The van der Waals surface area contributed by atoms with Crippen LogP contribution in [0.25, 0.3) is 0 Å². The first-order valence-corrected chi connectivity index (χ1v) is 7.45. The highest BCUT2D eigenvalue weighted by molar-refractivity contribution is 8.02. The number of hydrogen-bond donors (Lipinski definition) is 2. The van der Waals surface area contributed by atoms with Gasteiger partial charge in [-0.1, -0.05) is 5.16 Å². The summed E-state index contributed by atoms with van der Waals surface area (Å²) in [6.45, 7) is 1.93. The van der Waals surface area contributed by atoms with Gasteiger partial charge in [-0.25, -0.2) is 4.79 Å². The topological polar surface area (TPSA) is 67.2 Å². The van der Waals surface area contributed by atoms with Crippen LogP contribution in [0.4, 0.5) is 4.79 Å². The van der Waals surface area contributed by atoms with Gasteiger partial charge in [-0.3, -0.25) is 4.72 Å². The number of nitrogens with zero attached hydrogens (tertiary/aromatic N) is 1. The van der Waals surface area contributed by atoms with Crippen LogP contribution in [-0.4, -0.2) is 35.5 Å². The highest BCUT2D eigenvalue weighted by Gasteiger charge is 2.02. The quantitative estimate of drug-likeness (QED) is 0.587. The van der Waals surface area contributed by atoms with Gasteiger partial charge in [0, 0.05) is 24.1 Å². The minimum absolute atomic E-state index is 0.153. The number of carbonyl (C=O) groups excluding carboxylic acids is 1. The maximum atomic E-state index is 10.8. The Labute approximate surface area is 110 Å². The lowest BCUT2D eigenvalue weighted by Gasteiger charge is -2.03. The van der Waals surface area contributed by atoms with Gasteiger partial charge in [0.1, 0.15) is 5.76 Å².